The van der Waals surface area contributed by atoms with Crippen LogP contribution in [0.25, 0.3) is 0 Å². The molecule has 0 aromatic carbocycles. The minimum atomic E-state index is -1.01. The molecule has 0 saturated carbocycles. The van der Waals surface area contributed by atoms with Crippen molar-refractivity contribution < 1.29 is 19.5 Å². The van der Waals surface area contributed by atoms with Crippen LogP contribution in [0.4, 0.5) is 0 Å². The molecule has 2 aliphatic rings. The topological polar surface area (TPSA) is 95.5 Å². The van der Waals surface area contributed by atoms with E-state index in [2.05, 4.69) is 10.6 Å². The third kappa shape index (κ3) is 1.92. The van der Waals surface area contributed by atoms with E-state index >= 15 is 0 Å². The Morgan fingerprint density at radius 1 is 1.44 bits per heavy atom. The molecule has 2 amide bonds. The lowest BCUT2D eigenvalue weighted by molar-refractivity contribution is -0.147. The first-order valence-electron chi connectivity index (χ1n) is 5.39. The molecule has 3 unspecified atom stereocenters. The van der Waals surface area contributed by atoms with Gasteiger partial charge in [-0.3, -0.25) is 19.7 Å². The normalized spacial score (nSPS) is 31.5. The highest BCUT2D eigenvalue weighted by Crippen LogP contribution is 2.28. The summed E-state index contributed by atoms with van der Waals surface area (Å²) in [6, 6.07) is -0.195. The van der Waals surface area contributed by atoms with Crippen molar-refractivity contribution in [2.45, 2.75) is 25.3 Å². The Bertz CT molecular complexity index is 336. The Morgan fingerprint density at radius 3 is 2.62 bits per heavy atom. The van der Waals surface area contributed by atoms with Gasteiger partial charge in [-0.1, -0.05) is 0 Å². The maximum Gasteiger partial charge on any atom is 0.308 e. The Labute approximate surface area is 92.4 Å². The number of carbonyl (C=O) groups excluding carboxylic acids is 2. The minimum absolute atomic E-state index is 0.00597. The molecule has 0 bridgehead atoms. The van der Waals surface area contributed by atoms with Crippen LogP contribution in [-0.2, 0) is 14.4 Å². The monoisotopic (exact) mass is 226 g/mol. The zero-order valence-corrected chi connectivity index (χ0v) is 8.73. The number of hydrogen-bond donors (Lipinski definition) is 3. The van der Waals surface area contributed by atoms with Gasteiger partial charge >= 0.3 is 5.97 Å². The number of imide groups is 1. The van der Waals surface area contributed by atoms with Gasteiger partial charge in [0, 0.05) is 12.5 Å². The predicted molar refractivity (Wildman–Crippen MR) is 53.4 cm³/mol. The molecule has 2 aliphatic heterocycles. The summed E-state index contributed by atoms with van der Waals surface area (Å²) in [6.45, 7) is 0.775. The van der Waals surface area contributed by atoms with Gasteiger partial charge in [-0.15, -0.1) is 0 Å². The lowest BCUT2D eigenvalue weighted by Crippen LogP contribution is -2.42. The summed E-state index contributed by atoms with van der Waals surface area (Å²) in [4.78, 5) is 33.7. The van der Waals surface area contributed by atoms with Gasteiger partial charge in [0.25, 0.3) is 0 Å². The van der Waals surface area contributed by atoms with Crippen LogP contribution < -0.4 is 10.6 Å². The van der Waals surface area contributed by atoms with E-state index < -0.39 is 23.7 Å². The molecule has 3 N–H and O–H groups in total. The van der Waals surface area contributed by atoms with E-state index in [1.165, 1.54) is 0 Å². The molecule has 6 heteroatoms. The summed E-state index contributed by atoms with van der Waals surface area (Å²) < 4.78 is 0. The third-order valence-corrected chi connectivity index (χ3v) is 3.26. The SMILES string of the molecule is O=C1CC(C(C(=O)O)C2CCCN2)C(=O)N1. The standard InChI is InChI=1S/C10H14N2O4/c13-7-4-5(9(14)12-7)8(10(15)16)6-2-1-3-11-6/h5-6,8,11H,1-4H2,(H,15,16)(H,12,13,14). The van der Waals surface area contributed by atoms with E-state index in [9.17, 15) is 14.4 Å². The largest absolute Gasteiger partial charge is 0.481 e. The highest BCUT2D eigenvalue weighted by atomic mass is 16.4. The van der Waals surface area contributed by atoms with Gasteiger partial charge in [0.05, 0.1) is 11.8 Å². The molecule has 0 aromatic heterocycles. The number of amides is 2. The molecule has 0 aromatic rings. The zero-order chi connectivity index (χ0) is 11.7. The van der Waals surface area contributed by atoms with Crippen LogP contribution in [0.2, 0.25) is 0 Å². The molecule has 0 spiro atoms. The summed E-state index contributed by atoms with van der Waals surface area (Å²) in [7, 11) is 0. The zero-order valence-electron chi connectivity index (χ0n) is 8.73. The molecule has 3 atom stereocenters. The minimum Gasteiger partial charge on any atom is -0.481 e. The molecular formula is C10H14N2O4. The third-order valence-electron chi connectivity index (χ3n) is 3.26. The number of nitrogens with one attached hydrogen (secondary N) is 2. The molecule has 2 saturated heterocycles. The Morgan fingerprint density at radius 2 is 2.19 bits per heavy atom. The van der Waals surface area contributed by atoms with Crippen molar-refractivity contribution in [2.75, 3.05) is 6.54 Å². The molecule has 0 aliphatic carbocycles. The average Bonchev–Trinajstić information content (AvgIpc) is 2.78. The molecule has 88 valence electrons. The number of aliphatic carboxylic acids is 1. The number of carboxylic acid groups (broad SMARTS) is 1. The Kier molecular flexibility index (Phi) is 2.91. The predicted octanol–water partition coefficient (Wildman–Crippen LogP) is -0.898. The van der Waals surface area contributed by atoms with Gasteiger partial charge < -0.3 is 10.4 Å². The number of carboxylic acids is 1. The number of hydrogen-bond acceptors (Lipinski definition) is 4. The quantitative estimate of drug-likeness (QED) is 0.542. The summed E-state index contributed by atoms with van der Waals surface area (Å²) in [5.74, 6) is -3.35. The van der Waals surface area contributed by atoms with Crippen LogP contribution in [0.3, 0.4) is 0 Å². The Hall–Kier alpha value is -1.43. The first-order chi connectivity index (χ1) is 7.59. The second-order valence-electron chi connectivity index (χ2n) is 4.29. The highest BCUT2D eigenvalue weighted by Gasteiger charge is 2.45. The fourth-order valence-corrected chi connectivity index (χ4v) is 2.51. The molecule has 2 heterocycles. The molecule has 2 fully saturated rings. The van der Waals surface area contributed by atoms with Crippen LogP contribution in [0.5, 0.6) is 0 Å². The van der Waals surface area contributed by atoms with Gasteiger partial charge in [-0.2, -0.15) is 0 Å². The van der Waals surface area contributed by atoms with Crippen molar-refractivity contribution in [2.24, 2.45) is 11.8 Å². The maximum absolute atomic E-state index is 11.5. The van der Waals surface area contributed by atoms with Crippen molar-refractivity contribution >= 4 is 17.8 Å². The van der Waals surface area contributed by atoms with Crippen molar-refractivity contribution in [1.29, 1.82) is 0 Å². The smallest absolute Gasteiger partial charge is 0.308 e. The van der Waals surface area contributed by atoms with Crippen molar-refractivity contribution in [3.8, 4) is 0 Å². The summed E-state index contributed by atoms with van der Waals surface area (Å²) in [6.07, 6.45) is 1.65. The van der Waals surface area contributed by atoms with Crippen molar-refractivity contribution in [3.05, 3.63) is 0 Å². The van der Waals surface area contributed by atoms with Gasteiger partial charge in [0.2, 0.25) is 11.8 Å². The van der Waals surface area contributed by atoms with Crippen molar-refractivity contribution in [1.82, 2.24) is 10.6 Å². The second-order valence-corrected chi connectivity index (χ2v) is 4.29. The van der Waals surface area contributed by atoms with E-state index in [1.807, 2.05) is 0 Å². The van der Waals surface area contributed by atoms with E-state index in [0.717, 1.165) is 19.4 Å². The summed E-state index contributed by atoms with van der Waals surface area (Å²) in [5, 5.41) is 14.4. The first kappa shape index (κ1) is 11.1. The molecule has 6 nitrogen and oxygen atoms in total. The van der Waals surface area contributed by atoms with Crippen LogP contribution in [0, 0.1) is 11.8 Å². The Balaban J connectivity index is 2.15. The fraction of sp³-hybridized carbons (Fsp3) is 0.700. The highest BCUT2D eigenvalue weighted by molar-refractivity contribution is 6.05. The first-order valence-corrected chi connectivity index (χ1v) is 5.39. The van der Waals surface area contributed by atoms with Crippen LogP contribution >= 0.6 is 0 Å². The van der Waals surface area contributed by atoms with Crippen LogP contribution in [0.15, 0.2) is 0 Å². The molecule has 16 heavy (non-hydrogen) atoms. The van der Waals surface area contributed by atoms with E-state index in [0.29, 0.717) is 0 Å². The van der Waals surface area contributed by atoms with Gasteiger partial charge in [-0.25, -0.2) is 0 Å². The summed E-state index contributed by atoms with van der Waals surface area (Å²) in [5.41, 5.74) is 0. The average molecular weight is 226 g/mol. The van der Waals surface area contributed by atoms with E-state index in [4.69, 9.17) is 5.11 Å². The lowest BCUT2D eigenvalue weighted by Gasteiger charge is -2.23. The van der Waals surface area contributed by atoms with Gasteiger partial charge in [0.1, 0.15) is 0 Å². The molecule has 2 rings (SSSR count). The van der Waals surface area contributed by atoms with Crippen LogP contribution in [-0.4, -0.2) is 35.5 Å². The summed E-state index contributed by atoms with van der Waals surface area (Å²) >= 11 is 0. The number of carbonyl (C=O) groups is 3. The van der Waals surface area contributed by atoms with Crippen LogP contribution in [0.1, 0.15) is 19.3 Å². The van der Waals surface area contributed by atoms with Crippen molar-refractivity contribution in [3.63, 3.8) is 0 Å². The number of rotatable bonds is 3. The lowest BCUT2D eigenvalue weighted by atomic mass is 9.84. The van der Waals surface area contributed by atoms with E-state index in [1.54, 1.807) is 0 Å². The van der Waals surface area contributed by atoms with Gasteiger partial charge in [0.15, 0.2) is 0 Å². The molecule has 0 radical (unpaired) electrons. The maximum atomic E-state index is 11.5. The van der Waals surface area contributed by atoms with Gasteiger partial charge in [-0.05, 0) is 19.4 Å². The molecular weight excluding hydrogens is 212 g/mol. The van der Waals surface area contributed by atoms with E-state index in [-0.39, 0.29) is 18.4 Å². The second kappa shape index (κ2) is 4.21. The fourth-order valence-electron chi connectivity index (χ4n) is 2.51.